The monoisotopic (exact) mass is 367 g/mol. The molecule has 0 spiro atoms. The number of amides is 1. The summed E-state index contributed by atoms with van der Waals surface area (Å²) in [6.07, 6.45) is -0.212. The molecule has 0 unspecified atom stereocenters. The van der Waals surface area contributed by atoms with Crippen LogP contribution in [-0.4, -0.2) is 30.8 Å². The maximum atomic E-state index is 11.6. The van der Waals surface area contributed by atoms with Crippen molar-refractivity contribution < 1.29 is 24.2 Å². The summed E-state index contributed by atoms with van der Waals surface area (Å²) in [5.41, 5.74) is 2.13. The van der Waals surface area contributed by atoms with E-state index in [1.807, 2.05) is 30.3 Å². The van der Waals surface area contributed by atoms with Crippen LogP contribution in [0.1, 0.15) is 23.1 Å². The van der Waals surface area contributed by atoms with Gasteiger partial charge in [0.2, 0.25) is 0 Å². The second-order valence-corrected chi connectivity index (χ2v) is 5.63. The Bertz CT molecular complexity index is 837. The Morgan fingerprint density at radius 1 is 1.15 bits per heavy atom. The molecule has 0 radical (unpaired) electrons. The molecule has 0 aliphatic carbocycles. The first-order chi connectivity index (χ1) is 13.1. The number of hydrogen-bond acceptors (Lipinski definition) is 4. The summed E-state index contributed by atoms with van der Waals surface area (Å²) in [6, 6.07) is 14.5. The Hall–Kier alpha value is -3.46. The van der Waals surface area contributed by atoms with Gasteiger partial charge < -0.3 is 19.9 Å². The third-order valence-electron chi connectivity index (χ3n) is 3.61. The Kier molecular flexibility index (Phi) is 7.73. The first kappa shape index (κ1) is 19.9. The van der Waals surface area contributed by atoms with Crippen LogP contribution >= 0.6 is 0 Å². The van der Waals surface area contributed by atoms with Crippen LogP contribution in [0.25, 0.3) is 0 Å². The van der Waals surface area contributed by atoms with Crippen molar-refractivity contribution in [3.05, 3.63) is 65.2 Å². The molecule has 6 heteroatoms. The minimum atomic E-state index is -0.925. The minimum absolute atomic E-state index is 0.113. The molecule has 0 bridgehead atoms. The third kappa shape index (κ3) is 7.12. The van der Waals surface area contributed by atoms with Crippen LogP contribution in [0.3, 0.4) is 0 Å². The number of benzene rings is 2. The number of carboxylic acid groups (broad SMARTS) is 1. The Morgan fingerprint density at radius 3 is 2.63 bits per heavy atom. The van der Waals surface area contributed by atoms with Crippen molar-refractivity contribution >= 4 is 12.1 Å². The van der Waals surface area contributed by atoms with Gasteiger partial charge in [-0.05, 0) is 23.3 Å². The average molecular weight is 367 g/mol. The van der Waals surface area contributed by atoms with Crippen LogP contribution in [0, 0.1) is 11.8 Å². The van der Waals surface area contributed by atoms with Crippen LogP contribution in [0.5, 0.6) is 5.75 Å². The first-order valence-corrected chi connectivity index (χ1v) is 8.40. The van der Waals surface area contributed by atoms with Gasteiger partial charge in [0.05, 0.1) is 13.5 Å². The number of methoxy groups -OCH3 is 1. The molecule has 2 aromatic carbocycles. The smallest absolute Gasteiger partial charge is 0.407 e. The van der Waals surface area contributed by atoms with Crippen molar-refractivity contribution in [1.82, 2.24) is 5.32 Å². The molecule has 1 amide bonds. The van der Waals surface area contributed by atoms with Crippen LogP contribution in [0.4, 0.5) is 4.79 Å². The van der Waals surface area contributed by atoms with Crippen molar-refractivity contribution in [1.29, 1.82) is 0 Å². The lowest BCUT2D eigenvalue weighted by molar-refractivity contribution is -0.136. The number of ether oxygens (including phenoxy) is 2. The highest BCUT2D eigenvalue weighted by atomic mass is 16.5. The predicted molar refractivity (Wildman–Crippen MR) is 100 cm³/mol. The van der Waals surface area contributed by atoms with Crippen LogP contribution in [-0.2, 0) is 22.6 Å². The summed E-state index contributed by atoms with van der Waals surface area (Å²) >= 11 is 0. The maximum Gasteiger partial charge on any atom is 0.407 e. The summed E-state index contributed by atoms with van der Waals surface area (Å²) in [6.45, 7) is 0.541. The van der Waals surface area contributed by atoms with Crippen molar-refractivity contribution in [3.63, 3.8) is 0 Å². The average Bonchev–Trinajstić information content (AvgIpc) is 2.67. The predicted octanol–water partition coefficient (Wildman–Crippen LogP) is 2.99. The van der Waals surface area contributed by atoms with E-state index in [9.17, 15) is 9.59 Å². The second kappa shape index (κ2) is 10.5. The van der Waals surface area contributed by atoms with Gasteiger partial charge in [-0.1, -0.05) is 48.2 Å². The third-order valence-corrected chi connectivity index (χ3v) is 3.61. The standard InChI is InChI=1S/C21H21NO5/c1-26-19-11-10-18(14-20(23)24)17(13-19)9-5-6-12-22-21(25)27-15-16-7-3-2-4-8-16/h2-4,7-8,10-11,13H,6,12,14-15H2,1H3,(H,22,25)(H,23,24). The number of nitrogens with one attached hydrogen (secondary N) is 1. The molecule has 0 atom stereocenters. The molecule has 0 saturated heterocycles. The van der Waals surface area contributed by atoms with Gasteiger partial charge in [0.25, 0.3) is 0 Å². The van der Waals surface area contributed by atoms with Gasteiger partial charge in [0.1, 0.15) is 12.4 Å². The fourth-order valence-electron chi connectivity index (χ4n) is 2.27. The SMILES string of the molecule is COc1ccc(CC(=O)O)c(C#CCCNC(=O)OCc2ccccc2)c1. The zero-order valence-electron chi connectivity index (χ0n) is 15.0. The van der Waals surface area contributed by atoms with Crippen molar-refractivity contribution in [2.24, 2.45) is 0 Å². The topological polar surface area (TPSA) is 84.9 Å². The van der Waals surface area contributed by atoms with Gasteiger partial charge in [0.15, 0.2) is 0 Å². The van der Waals surface area contributed by atoms with E-state index in [-0.39, 0.29) is 13.0 Å². The molecule has 0 heterocycles. The number of alkyl carbamates (subject to hydrolysis) is 1. The number of rotatable bonds is 7. The quantitative estimate of drug-likeness (QED) is 0.580. The van der Waals surface area contributed by atoms with Crippen LogP contribution < -0.4 is 10.1 Å². The maximum absolute atomic E-state index is 11.6. The fraction of sp³-hybridized carbons (Fsp3) is 0.238. The number of carbonyl (C=O) groups excluding carboxylic acids is 1. The number of carbonyl (C=O) groups is 2. The molecule has 2 rings (SSSR count). The van der Waals surface area contributed by atoms with Crippen molar-refractivity contribution in [3.8, 4) is 17.6 Å². The van der Waals surface area contributed by atoms with E-state index in [0.717, 1.165) is 5.56 Å². The molecular weight excluding hydrogens is 346 g/mol. The summed E-state index contributed by atoms with van der Waals surface area (Å²) in [5, 5.41) is 11.6. The van der Waals surface area contributed by atoms with E-state index < -0.39 is 12.1 Å². The Balaban J connectivity index is 1.82. The lowest BCUT2D eigenvalue weighted by atomic mass is 10.0. The molecule has 0 aliphatic heterocycles. The molecule has 6 nitrogen and oxygen atoms in total. The number of hydrogen-bond donors (Lipinski definition) is 2. The molecule has 2 aromatic rings. The van der Waals surface area contributed by atoms with E-state index in [2.05, 4.69) is 17.2 Å². The van der Waals surface area contributed by atoms with Gasteiger partial charge in [-0.25, -0.2) is 4.79 Å². The summed E-state index contributed by atoms with van der Waals surface area (Å²) in [7, 11) is 1.54. The lowest BCUT2D eigenvalue weighted by Crippen LogP contribution is -2.24. The van der Waals surface area contributed by atoms with Crippen LogP contribution in [0.15, 0.2) is 48.5 Å². The number of carboxylic acids is 1. The van der Waals surface area contributed by atoms with Crippen LogP contribution in [0.2, 0.25) is 0 Å². The van der Waals surface area contributed by atoms with E-state index in [1.165, 1.54) is 7.11 Å². The van der Waals surface area contributed by atoms with Gasteiger partial charge >= 0.3 is 12.1 Å². The summed E-state index contributed by atoms with van der Waals surface area (Å²) < 4.78 is 10.3. The highest BCUT2D eigenvalue weighted by Gasteiger charge is 2.07. The lowest BCUT2D eigenvalue weighted by Gasteiger charge is -2.06. The molecule has 0 aromatic heterocycles. The normalized spacial score (nSPS) is 9.67. The van der Waals surface area contributed by atoms with Crippen molar-refractivity contribution in [2.45, 2.75) is 19.4 Å². The van der Waals surface area contributed by atoms with E-state index in [4.69, 9.17) is 14.6 Å². The first-order valence-electron chi connectivity index (χ1n) is 8.40. The van der Waals surface area contributed by atoms with Crippen molar-refractivity contribution in [2.75, 3.05) is 13.7 Å². The Labute approximate surface area is 158 Å². The van der Waals surface area contributed by atoms with E-state index in [1.54, 1.807) is 18.2 Å². The molecular formula is C21H21NO5. The molecule has 0 fully saturated rings. The minimum Gasteiger partial charge on any atom is -0.497 e. The summed E-state index contributed by atoms with van der Waals surface area (Å²) in [5.74, 6) is 5.55. The Morgan fingerprint density at radius 2 is 1.93 bits per heavy atom. The molecule has 27 heavy (non-hydrogen) atoms. The highest BCUT2D eigenvalue weighted by Crippen LogP contribution is 2.17. The van der Waals surface area contributed by atoms with Gasteiger partial charge in [0, 0.05) is 18.5 Å². The molecule has 2 N–H and O–H groups in total. The summed E-state index contributed by atoms with van der Waals surface area (Å²) in [4.78, 5) is 22.6. The number of aliphatic carboxylic acids is 1. The zero-order valence-corrected chi connectivity index (χ0v) is 15.0. The molecule has 140 valence electrons. The van der Waals surface area contributed by atoms with E-state index >= 15 is 0 Å². The van der Waals surface area contributed by atoms with Gasteiger partial charge in [-0.3, -0.25) is 4.79 Å². The molecule has 0 aliphatic rings. The second-order valence-electron chi connectivity index (χ2n) is 5.63. The van der Waals surface area contributed by atoms with E-state index in [0.29, 0.717) is 29.8 Å². The largest absolute Gasteiger partial charge is 0.497 e. The zero-order chi connectivity index (χ0) is 19.5. The highest BCUT2D eigenvalue weighted by molar-refractivity contribution is 5.71. The fourth-order valence-corrected chi connectivity index (χ4v) is 2.27. The van der Waals surface area contributed by atoms with Gasteiger partial charge in [-0.2, -0.15) is 0 Å². The molecule has 0 saturated carbocycles. The van der Waals surface area contributed by atoms with Gasteiger partial charge in [-0.15, -0.1) is 0 Å².